The van der Waals surface area contributed by atoms with Gasteiger partial charge in [-0.2, -0.15) is 0 Å². The van der Waals surface area contributed by atoms with Crippen molar-refractivity contribution >= 4 is 5.97 Å². The second-order valence-electron chi connectivity index (χ2n) is 8.09. The summed E-state index contributed by atoms with van der Waals surface area (Å²) in [6.45, 7) is 3.62. The van der Waals surface area contributed by atoms with Crippen molar-refractivity contribution in [3.8, 4) is 0 Å². The number of hydrogen-bond acceptors (Lipinski definition) is 3. The number of unbranched alkanes of at least 4 members (excludes halogenated alkanes) is 11. The molecule has 0 aliphatic heterocycles. The van der Waals surface area contributed by atoms with Gasteiger partial charge in [-0.1, -0.05) is 101 Å². The Balaban J connectivity index is 1.78. The number of hydrogen-bond donors (Lipinski definition) is 0. The van der Waals surface area contributed by atoms with E-state index in [1.54, 1.807) is 0 Å². The summed E-state index contributed by atoms with van der Waals surface area (Å²) in [7, 11) is 0. The van der Waals surface area contributed by atoms with Gasteiger partial charge in [0.05, 0.1) is 13.2 Å². The van der Waals surface area contributed by atoms with Crippen molar-refractivity contribution in [3.05, 3.63) is 48.0 Å². The van der Waals surface area contributed by atoms with E-state index in [1.165, 1.54) is 70.6 Å². The molecule has 1 rings (SSSR count). The highest BCUT2D eigenvalue weighted by atomic mass is 16.6. The van der Waals surface area contributed by atoms with Crippen LogP contribution in [0.4, 0.5) is 0 Å². The molecule has 0 heterocycles. The zero-order valence-corrected chi connectivity index (χ0v) is 19.3. The van der Waals surface area contributed by atoms with Gasteiger partial charge < -0.3 is 9.47 Å². The second-order valence-corrected chi connectivity index (χ2v) is 8.09. The average Bonchev–Trinajstić information content (AvgIpc) is 2.77. The van der Waals surface area contributed by atoms with Crippen LogP contribution in [0.3, 0.4) is 0 Å². The highest BCUT2D eigenvalue weighted by Gasteiger charge is 2.02. The van der Waals surface area contributed by atoms with Crippen molar-refractivity contribution in [2.24, 2.45) is 0 Å². The summed E-state index contributed by atoms with van der Waals surface area (Å²) in [6.07, 6.45) is 21.7. The molecule has 30 heavy (non-hydrogen) atoms. The molecule has 0 N–H and O–H groups in total. The van der Waals surface area contributed by atoms with E-state index in [1.807, 2.05) is 30.3 Å². The van der Waals surface area contributed by atoms with Gasteiger partial charge in [0.1, 0.15) is 6.61 Å². The molecular weight excluding hydrogens is 372 g/mol. The molecule has 1 aromatic rings. The first-order valence-electron chi connectivity index (χ1n) is 12.2. The van der Waals surface area contributed by atoms with E-state index < -0.39 is 0 Å². The molecule has 0 unspecified atom stereocenters. The minimum atomic E-state index is -0.101. The van der Waals surface area contributed by atoms with Crippen LogP contribution in [0, 0.1) is 0 Å². The second kappa shape index (κ2) is 20.7. The minimum Gasteiger partial charge on any atom is -0.463 e. The van der Waals surface area contributed by atoms with Crippen LogP contribution in [0.5, 0.6) is 0 Å². The van der Waals surface area contributed by atoms with Crippen LogP contribution >= 0.6 is 0 Å². The summed E-state index contributed by atoms with van der Waals surface area (Å²) >= 11 is 0. The lowest BCUT2D eigenvalue weighted by molar-refractivity contribution is -0.145. The summed E-state index contributed by atoms with van der Waals surface area (Å²) in [5.74, 6) is -0.101. The van der Waals surface area contributed by atoms with E-state index >= 15 is 0 Å². The molecule has 170 valence electrons. The molecule has 0 atom stereocenters. The third kappa shape index (κ3) is 17.3. The van der Waals surface area contributed by atoms with Gasteiger partial charge in [-0.3, -0.25) is 4.79 Å². The number of carbonyl (C=O) groups excluding carboxylic acids is 1. The van der Waals surface area contributed by atoms with Crippen molar-refractivity contribution in [3.63, 3.8) is 0 Å². The maximum atomic E-state index is 11.7. The molecule has 3 nitrogen and oxygen atoms in total. The van der Waals surface area contributed by atoms with Crippen LogP contribution < -0.4 is 0 Å². The molecule has 3 heteroatoms. The summed E-state index contributed by atoms with van der Waals surface area (Å²) in [5, 5.41) is 0. The standard InChI is InChI=1S/C27H44O3/c1-2-3-4-5-6-7-8-9-10-11-12-13-14-15-19-22-27(28)30-24-23-29-25-26-20-17-16-18-21-26/h9-10,16-18,20-21H,2-8,11-15,19,22-25H2,1H3. The molecular formula is C27H44O3. The molecule has 0 aliphatic carbocycles. The molecule has 1 aromatic carbocycles. The summed E-state index contributed by atoms with van der Waals surface area (Å²) in [6, 6.07) is 10.0. The van der Waals surface area contributed by atoms with Crippen LogP contribution in [0.2, 0.25) is 0 Å². The van der Waals surface area contributed by atoms with Gasteiger partial charge in [0.25, 0.3) is 0 Å². The minimum absolute atomic E-state index is 0.101. The first-order chi connectivity index (χ1) is 14.8. The van der Waals surface area contributed by atoms with Crippen LogP contribution in [0.25, 0.3) is 0 Å². The first-order valence-corrected chi connectivity index (χ1v) is 12.2. The Morgan fingerprint density at radius 3 is 2.03 bits per heavy atom. The van der Waals surface area contributed by atoms with Gasteiger partial charge >= 0.3 is 5.97 Å². The monoisotopic (exact) mass is 416 g/mol. The maximum Gasteiger partial charge on any atom is 0.305 e. The fourth-order valence-corrected chi connectivity index (χ4v) is 3.39. The lowest BCUT2D eigenvalue weighted by Gasteiger charge is -2.06. The quantitative estimate of drug-likeness (QED) is 0.124. The van der Waals surface area contributed by atoms with Gasteiger partial charge in [0.2, 0.25) is 0 Å². The van der Waals surface area contributed by atoms with Gasteiger partial charge in [-0.05, 0) is 37.7 Å². The third-order valence-electron chi connectivity index (χ3n) is 5.24. The first kappa shape index (κ1) is 26.4. The molecule has 0 aliphatic rings. The maximum absolute atomic E-state index is 11.7. The summed E-state index contributed by atoms with van der Waals surface area (Å²) < 4.78 is 10.7. The summed E-state index contributed by atoms with van der Waals surface area (Å²) in [5.41, 5.74) is 1.14. The van der Waals surface area contributed by atoms with Gasteiger partial charge in [-0.25, -0.2) is 0 Å². The van der Waals surface area contributed by atoms with Gasteiger partial charge in [-0.15, -0.1) is 0 Å². The largest absolute Gasteiger partial charge is 0.463 e. The number of carbonyl (C=O) groups is 1. The Hall–Kier alpha value is -1.61. The highest BCUT2D eigenvalue weighted by Crippen LogP contribution is 2.10. The predicted octanol–water partition coefficient (Wildman–Crippen LogP) is 7.78. The van der Waals surface area contributed by atoms with E-state index in [4.69, 9.17) is 9.47 Å². The molecule has 0 fully saturated rings. The fourth-order valence-electron chi connectivity index (χ4n) is 3.39. The molecule has 0 radical (unpaired) electrons. The normalized spacial score (nSPS) is 11.2. The van der Waals surface area contributed by atoms with Crippen LogP contribution in [0.1, 0.15) is 102 Å². The van der Waals surface area contributed by atoms with Crippen molar-refractivity contribution < 1.29 is 14.3 Å². The molecule has 0 bridgehead atoms. The van der Waals surface area contributed by atoms with Crippen molar-refractivity contribution in [2.45, 2.75) is 103 Å². The average molecular weight is 417 g/mol. The van der Waals surface area contributed by atoms with E-state index in [2.05, 4.69) is 19.1 Å². The number of esters is 1. The van der Waals surface area contributed by atoms with Crippen molar-refractivity contribution in [1.82, 2.24) is 0 Å². The lowest BCUT2D eigenvalue weighted by atomic mass is 10.1. The Bertz CT molecular complexity index is 524. The number of benzene rings is 1. The van der Waals surface area contributed by atoms with Crippen molar-refractivity contribution in [1.29, 1.82) is 0 Å². The molecule has 0 saturated heterocycles. The van der Waals surface area contributed by atoms with Crippen LogP contribution in [0.15, 0.2) is 42.5 Å². The summed E-state index contributed by atoms with van der Waals surface area (Å²) in [4.78, 5) is 11.7. The molecule has 0 aromatic heterocycles. The topological polar surface area (TPSA) is 35.5 Å². The molecule has 0 saturated carbocycles. The zero-order chi connectivity index (χ0) is 21.5. The van der Waals surface area contributed by atoms with Crippen molar-refractivity contribution in [2.75, 3.05) is 13.2 Å². The Kier molecular flexibility index (Phi) is 18.2. The molecule has 0 spiro atoms. The lowest BCUT2D eigenvalue weighted by Crippen LogP contribution is -2.10. The van der Waals surface area contributed by atoms with E-state index in [-0.39, 0.29) is 5.97 Å². The van der Waals surface area contributed by atoms with Crippen LogP contribution in [-0.4, -0.2) is 19.2 Å². The number of allylic oxidation sites excluding steroid dienone is 2. The van der Waals surface area contributed by atoms with E-state index in [0.717, 1.165) is 18.4 Å². The zero-order valence-electron chi connectivity index (χ0n) is 19.3. The van der Waals surface area contributed by atoms with Gasteiger partial charge in [0.15, 0.2) is 0 Å². The Morgan fingerprint density at radius 2 is 1.37 bits per heavy atom. The number of ether oxygens (including phenoxy) is 2. The SMILES string of the molecule is CCCCCCCCC=CCCCCCCCC(=O)OCCOCc1ccccc1. The number of rotatable bonds is 20. The fraction of sp³-hybridized carbons (Fsp3) is 0.667. The Labute approximate surface area is 185 Å². The van der Waals surface area contributed by atoms with Gasteiger partial charge in [0, 0.05) is 6.42 Å². The van der Waals surface area contributed by atoms with Crippen LogP contribution in [-0.2, 0) is 20.9 Å². The Morgan fingerprint density at radius 1 is 0.767 bits per heavy atom. The molecule has 0 amide bonds. The highest BCUT2D eigenvalue weighted by molar-refractivity contribution is 5.69. The smallest absolute Gasteiger partial charge is 0.305 e. The van der Waals surface area contributed by atoms with E-state index in [0.29, 0.717) is 26.2 Å². The third-order valence-corrected chi connectivity index (χ3v) is 5.24. The van der Waals surface area contributed by atoms with E-state index in [9.17, 15) is 4.79 Å². The predicted molar refractivity (Wildman–Crippen MR) is 127 cm³/mol.